The van der Waals surface area contributed by atoms with Gasteiger partial charge >= 0.3 is 6.03 Å². The fourth-order valence-electron chi connectivity index (χ4n) is 4.51. The van der Waals surface area contributed by atoms with Crippen molar-refractivity contribution in [2.75, 3.05) is 49.5 Å². The third kappa shape index (κ3) is 3.92. The second kappa shape index (κ2) is 7.65. The number of urea groups is 1. The van der Waals surface area contributed by atoms with E-state index in [1.807, 2.05) is 6.07 Å². The maximum absolute atomic E-state index is 12.8. The van der Waals surface area contributed by atoms with E-state index >= 15 is 0 Å². The van der Waals surface area contributed by atoms with Gasteiger partial charge in [-0.15, -0.1) is 0 Å². The van der Waals surface area contributed by atoms with Gasteiger partial charge < -0.3 is 20.0 Å². The molecule has 5 heteroatoms. The van der Waals surface area contributed by atoms with Crippen molar-refractivity contribution in [3.05, 3.63) is 24.3 Å². The number of likely N-dealkylation sites (tertiary alicyclic amines) is 2. The molecule has 4 rings (SSSR count). The summed E-state index contributed by atoms with van der Waals surface area (Å²) >= 11 is 0. The van der Waals surface area contributed by atoms with Crippen LogP contribution in [0.4, 0.5) is 16.2 Å². The maximum Gasteiger partial charge on any atom is 0.322 e. The van der Waals surface area contributed by atoms with Crippen LogP contribution in [0.2, 0.25) is 0 Å². The predicted octanol–water partition coefficient (Wildman–Crippen LogP) is 3.38. The van der Waals surface area contributed by atoms with Gasteiger partial charge in [0.2, 0.25) is 0 Å². The third-order valence-corrected chi connectivity index (χ3v) is 5.87. The lowest BCUT2D eigenvalue weighted by atomic mass is 10.2. The molecule has 0 radical (unpaired) electrons. The zero-order chi connectivity index (χ0) is 17.1. The number of anilines is 2. The van der Waals surface area contributed by atoms with Gasteiger partial charge in [0, 0.05) is 43.6 Å². The Balaban J connectivity index is 1.38. The molecule has 0 unspecified atom stereocenters. The fraction of sp³-hybridized carbons (Fsp3) is 0.650. The molecule has 3 heterocycles. The summed E-state index contributed by atoms with van der Waals surface area (Å²) in [6, 6.07) is 8.76. The number of amides is 2. The second-order valence-corrected chi connectivity index (χ2v) is 7.67. The van der Waals surface area contributed by atoms with Crippen molar-refractivity contribution < 1.29 is 4.79 Å². The number of carbonyl (C=O) groups is 1. The molecule has 0 spiro atoms. The van der Waals surface area contributed by atoms with E-state index in [1.54, 1.807) is 0 Å². The van der Waals surface area contributed by atoms with Crippen LogP contribution in [0.5, 0.6) is 0 Å². The Morgan fingerprint density at radius 1 is 1.00 bits per heavy atom. The van der Waals surface area contributed by atoms with Crippen molar-refractivity contribution in [3.63, 3.8) is 0 Å². The van der Waals surface area contributed by atoms with Crippen LogP contribution in [-0.4, -0.2) is 61.1 Å². The SMILES string of the molecule is O=C(Nc1cccc(N2CCCC2)c1)N1CCC[C@H]1CN1CCCC1. The molecule has 2 amide bonds. The number of carbonyl (C=O) groups excluding carboxylic acids is 1. The summed E-state index contributed by atoms with van der Waals surface area (Å²) in [5.74, 6) is 0. The molecule has 1 aromatic carbocycles. The van der Waals surface area contributed by atoms with E-state index in [-0.39, 0.29) is 6.03 Å². The zero-order valence-corrected chi connectivity index (χ0v) is 15.1. The van der Waals surface area contributed by atoms with Crippen molar-refractivity contribution in [3.8, 4) is 0 Å². The van der Waals surface area contributed by atoms with Gasteiger partial charge in [-0.1, -0.05) is 6.07 Å². The molecule has 0 bridgehead atoms. The molecule has 136 valence electrons. The second-order valence-electron chi connectivity index (χ2n) is 7.67. The molecule has 0 saturated carbocycles. The maximum atomic E-state index is 12.8. The highest BCUT2D eigenvalue weighted by molar-refractivity contribution is 5.90. The summed E-state index contributed by atoms with van der Waals surface area (Å²) < 4.78 is 0. The molecule has 0 aliphatic carbocycles. The van der Waals surface area contributed by atoms with Crippen LogP contribution in [0.3, 0.4) is 0 Å². The Kier molecular flexibility index (Phi) is 5.11. The van der Waals surface area contributed by atoms with Crippen LogP contribution in [0.1, 0.15) is 38.5 Å². The van der Waals surface area contributed by atoms with Crippen molar-refractivity contribution in [2.24, 2.45) is 0 Å². The summed E-state index contributed by atoms with van der Waals surface area (Å²) in [5.41, 5.74) is 2.14. The van der Waals surface area contributed by atoms with Gasteiger partial charge in [0.25, 0.3) is 0 Å². The first-order valence-corrected chi connectivity index (χ1v) is 9.94. The minimum atomic E-state index is 0.0697. The van der Waals surface area contributed by atoms with Crippen molar-refractivity contribution in [2.45, 2.75) is 44.6 Å². The number of nitrogens with one attached hydrogen (secondary N) is 1. The van der Waals surface area contributed by atoms with Crippen LogP contribution in [0, 0.1) is 0 Å². The first kappa shape index (κ1) is 16.7. The Morgan fingerprint density at radius 2 is 1.76 bits per heavy atom. The highest BCUT2D eigenvalue weighted by Gasteiger charge is 2.30. The first-order valence-electron chi connectivity index (χ1n) is 9.94. The largest absolute Gasteiger partial charge is 0.371 e. The van der Waals surface area contributed by atoms with Gasteiger partial charge in [0.15, 0.2) is 0 Å². The minimum Gasteiger partial charge on any atom is -0.371 e. The van der Waals surface area contributed by atoms with Crippen molar-refractivity contribution in [1.29, 1.82) is 0 Å². The Morgan fingerprint density at radius 3 is 2.56 bits per heavy atom. The number of hydrogen-bond acceptors (Lipinski definition) is 3. The van der Waals surface area contributed by atoms with E-state index in [0.717, 1.165) is 44.7 Å². The lowest BCUT2D eigenvalue weighted by molar-refractivity contribution is 0.186. The Labute approximate surface area is 151 Å². The molecule has 5 nitrogen and oxygen atoms in total. The summed E-state index contributed by atoms with van der Waals surface area (Å²) in [6.07, 6.45) is 7.41. The molecule has 3 fully saturated rings. The molecular formula is C20H30N4O. The van der Waals surface area contributed by atoms with E-state index < -0.39 is 0 Å². The quantitative estimate of drug-likeness (QED) is 0.912. The average molecular weight is 342 g/mol. The standard InChI is InChI=1S/C20H30N4O/c25-20(24-14-6-9-19(24)16-22-10-1-2-11-22)21-17-7-5-8-18(15-17)23-12-3-4-13-23/h5,7-8,15,19H,1-4,6,9-14,16H2,(H,21,25)/t19-/m0/s1. The first-order chi connectivity index (χ1) is 12.3. The van der Waals surface area contributed by atoms with Crippen LogP contribution in [0.15, 0.2) is 24.3 Å². The normalized spacial score (nSPS) is 24.2. The molecular weight excluding hydrogens is 312 g/mol. The van der Waals surface area contributed by atoms with Crippen LogP contribution >= 0.6 is 0 Å². The van der Waals surface area contributed by atoms with E-state index in [4.69, 9.17) is 0 Å². The number of benzene rings is 1. The topological polar surface area (TPSA) is 38.8 Å². The summed E-state index contributed by atoms with van der Waals surface area (Å²) in [7, 11) is 0. The number of nitrogens with zero attached hydrogens (tertiary/aromatic N) is 3. The number of rotatable bonds is 4. The van der Waals surface area contributed by atoms with Crippen LogP contribution in [0.25, 0.3) is 0 Å². The van der Waals surface area contributed by atoms with E-state index in [9.17, 15) is 4.79 Å². The summed E-state index contributed by atoms with van der Waals surface area (Å²) in [5, 5.41) is 3.14. The highest BCUT2D eigenvalue weighted by Crippen LogP contribution is 2.25. The fourth-order valence-corrected chi connectivity index (χ4v) is 4.51. The average Bonchev–Trinajstić information content (AvgIpc) is 3.38. The molecule has 1 aromatic rings. The van der Waals surface area contributed by atoms with Crippen molar-refractivity contribution >= 4 is 17.4 Å². The molecule has 3 saturated heterocycles. The monoisotopic (exact) mass is 342 g/mol. The smallest absolute Gasteiger partial charge is 0.322 e. The van der Waals surface area contributed by atoms with Gasteiger partial charge in [-0.05, 0) is 69.8 Å². The van der Waals surface area contributed by atoms with Crippen molar-refractivity contribution in [1.82, 2.24) is 9.80 Å². The highest BCUT2D eigenvalue weighted by atomic mass is 16.2. The Bertz CT molecular complexity index is 593. The van der Waals surface area contributed by atoms with E-state index in [0.29, 0.717) is 6.04 Å². The molecule has 1 atom stereocenters. The predicted molar refractivity (Wildman–Crippen MR) is 102 cm³/mol. The number of hydrogen-bond donors (Lipinski definition) is 1. The van der Waals surface area contributed by atoms with Gasteiger partial charge in [0.05, 0.1) is 0 Å². The third-order valence-electron chi connectivity index (χ3n) is 5.87. The summed E-state index contributed by atoms with van der Waals surface area (Å²) in [4.78, 5) is 19.8. The lowest BCUT2D eigenvalue weighted by Gasteiger charge is -2.28. The lowest BCUT2D eigenvalue weighted by Crippen LogP contribution is -2.44. The summed E-state index contributed by atoms with van der Waals surface area (Å²) in [6.45, 7) is 6.58. The molecule has 1 N–H and O–H groups in total. The molecule has 25 heavy (non-hydrogen) atoms. The Hall–Kier alpha value is -1.75. The van der Waals surface area contributed by atoms with Gasteiger partial charge in [-0.3, -0.25) is 0 Å². The van der Waals surface area contributed by atoms with E-state index in [2.05, 4.69) is 38.2 Å². The van der Waals surface area contributed by atoms with Crippen LogP contribution < -0.4 is 10.2 Å². The van der Waals surface area contributed by atoms with Crippen LogP contribution in [-0.2, 0) is 0 Å². The molecule has 0 aromatic heterocycles. The van der Waals surface area contributed by atoms with Gasteiger partial charge in [-0.2, -0.15) is 0 Å². The van der Waals surface area contributed by atoms with E-state index in [1.165, 1.54) is 44.5 Å². The molecule has 3 aliphatic rings. The zero-order valence-electron chi connectivity index (χ0n) is 15.1. The minimum absolute atomic E-state index is 0.0697. The molecule has 3 aliphatic heterocycles. The van der Waals surface area contributed by atoms with Gasteiger partial charge in [0.1, 0.15) is 0 Å². The van der Waals surface area contributed by atoms with Gasteiger partial charge in [-0.25, -0.2) is 4.79 Å².